The van der Waals surface area contributed by atoms with Crippen molar-refractivity contribution in [2.45, 2.75) is 18.6 Å². The molecule has 0 spiro atoms. The molecule has 2 aliphatic rings. The molecule has 1 aliphatic carbocycles. The Balaban J connectivity index is 1.71. The summed E-state index contributed by atoms with van der Waals surface area (Å²) >= 11 is 0. The maximum absolute atomic E-state index is 14.0. The highest BCUT2D eigenvalue weighted by atomic mass is 19.4. The Bertz CT molecular complexity index is 1410. The lowest BCUT2D eigenvalue weighted by molar-refractivity contribution is -0.137. The van der Waals surface area contributed by atoms with Crippen molar-refractivity contribution in [3.63, 3.8) is 0 Å². The molecule has 0 saturated carbocycles. The second-order valence-corrected chi connectivity index (χ2v) is 8.33. The number of hydrogen-bond donors (Lipinski definition) is 1. The summed E-state index contributed by atoms with van der Waals surface area (Å²) in [6.45, 7) is 0.692. The zero-order chi connectivity index (χ0) is 22.0. The van der Waals surface area contributed by atoms with E-state index >= 15 is 0 Å². The minimum atomic E-state index is -4.66. The minimum Gasteiger partial charge on any atom is -0.369 e. The van der Waals surface area contributed by atoms with Gasteiger partial charge in [0, 0.05) is 12.5 Å². The van der Waals surface area contributed by atoms with Gasteiger partial charge in [0.1, 0.15) is 17.4 Å². The van der Waals surface area contributed by atoms with E-state index in [1.807, 2.05) is 18.2 Å². The van der Waals surface area contributed by atoms with Gasteiger partial charge in [0.2, 0.25) is 0 Å². The maximum Gasteiger partial charge on any atom is 0.417 e. The molecule has 0 fully saturated rings. The number of aromatic nitrogens is 2. The van der Waals surface area contributed by atoms with Gasteiger partial charge in [-0.15, -0.1) is 0 Å². The fourth-order valence-corrected chi connectivity index (χ4v) is 5.23. The summed E-state index contributed by atoms with van der Waals surface area (Å²) in [5.41, 5.74) is 2.15. The van der Waals surface area contributed by atoms with Crippen molar-refractivity contribution in [3.05, 3.63) is 82.9 Å². The molecule has 7 heteroatoms. The zero-order valence-corrected chi connectivity index (χ0v) is 16.8. The largest absolute Gasteiger partial charge is 0.417 e. The van der Waals surface area contributed by atoms with Gasteiger partial charge in [-0.2, -0.15) is 23.5 Å². The molecule has 2 heterocycles. The van der Waals surface area contributed by atoms with Crippen LogP contribution in [0, 0.1) is 17.2 Å². The first-order valence-electron chi connectivity index (χ1n) is 10.4. The van der Waals surface area contributed by atoms with Crippen LogP contribution in [0.1, 0.15) is 28.3 Å². The molecule has 0 unspecified atom stereocenters. The van der Waals surface area contributed by atoms with Crippen molar-refractivity contribution in [2.75, 3.05) is 11.9 Å². The van der Waals surface area contributed by atoms with Gasteiger partial charge >= 0.3 is 6.18 Å². The molecule has 32 heavy (non-hydrogen) atoms. The first-order valence-corrected chi connectivity index (χ1v) is 10.4. The van der Waals surface area contributed by atoms with Crippen LogP contribution < -0.4 is 5.32 Å². The molecule has 0 radical (unpaired) electrons. The van der Waals surface area contributed by atoms with E-state index in [4.69, 9.17) is 0 Å². The number of nitrogens with zero attached hydrogens (tertiary/aromatic N) is 3. The third-order valence-electron chi connectivity index (χ3n) is 6.57. The number of halogens is 3. The first kappa shape index (κ1) is 18.9. The van der Waals surface area contributed by atoms with Crippen LogP contribution in [0.5, 0.6) is 0 Å². The summed E-state index contributed by atoms with van der Waals surface area (Å²) in [6, 6.07) is 19.9. The first-order chi connectivity index (χ1) is 15.5. The molecule has 0 bridgehead atoms. The van der Waals surface area contributed by atoms with Crippen LogP contribution in [0.25, 0.3) is 22.0 Å². The monoisotopic (exact) mass is 430 g/mol. The number of nitrogens with one attached hydrogen (secondary N) is 1. The maximum atomic E-state index is 14.0. The van der Waals surface area contributed by atoms with Crippen LogP contribution in [-0.4, -0.2) is 16.3 Å². The number of benzene rings is 3. The molecule has 1 aromatic heterocycles. The highest BCUT2D eigenvalue weighted by Crippen LogP contribution is 2.48. The number of rotatable bonds is 1. The summed E-state index contributed by atoms with van der Waals surface area (Å²) in [4.78, 5) is 0. The van der Waals surface area contributed by atoms with Gasteiger partial charge in [-0.3, -0.25) is 0 Å². The molecule has 6 rings (SSSR count). The molecule has 158 valence electrons. The Morgan fingerprint density at radius 3 is 2.56 bits per heavy atom. The van der Waals surface area contributed by atoms with Gasteiger partial charge in [-0.25, -0.2) is 4.68 Å². The van der Waals surface area contributed by atoms with Gasteiger partial charge in [0.25, 0.3) is 0 Å². The quantitative estimate of drug-likeness (QED) is 0.416. The molecule has 4 nitrogen and oxygen atoms in total. The predicted octanol–water partition coefficient (Wildman–Crippen LogP) is 5.78. The van der Waals surface area contributed by atoms with E-state index in [1.54, 1.807) is 35.0 Å². The highest BCUT2D eigenvalue weighted by Gasteiger charge is 2.41. The fraction of sp³-hybridized carbons (Fsp3) is 0.200. The number of fused-ring (bicyclic) bond motifs is 7. The Morgan fingerprint density at radius 2 is 1.81 bits per heavy atom. The molecule has 1 N–H and O–H groups in total. The molecule has 0 amide bonds. The molecule has 2 atom stereocenters. The van der Waals surface area contributed by atoms with Crippen molar-refractivity contribution in [2.24, 2.45) is 5.92 Å². The van der Waals surface area contributed by atoms with Crippen LogP contribution in [0.3, 0.4) is 0 Å². The lowest BCUT2D eigenvalue weighted by Crippen LogP contribution is -2.31. The smallest absolute Gasteiger partial charge is 0.369 e. The average molecular weight is 430 g/mol. The lowest BCUT2D eigenvalue weighted by atomic mass is 9.93. The van der Waals surface area contributed by atoms with E-state index in [9.17, 15) is 18.4 Å². The molecule has 0 saturated heterocycles. The van der Waals surface area contributed by atoms with Crippen molar-refractivity contribution in [3.8, 4) is 17.2 Å². The number of alkyl halides is 3. The SMILES string of the molecule is N#Cc1c(C(F)(F)F)cc(-c2ccccc2)c2c3n(nc12)[C@H]1c2ccccc2C[C@H]1CN3. The van der Waals surface area contributed by atoms with Crippen molar-refractivity contribution in [1.82, 2.24) is 9.78 Å². The van der Waals surface area contributed by atoms with Crippen LogP contribution in [0.15, 0.2) is 60.7 Å². The number of nitriles is 1. The van der Waals surface area contributed by atoms with Crippen molar-refractivity contribution < 1.29 is 13.2 Å². The van der Waals surface area contributed by atoms with Crippen LogP contribution >= 0.6 is 0 Å². The summed E-state index contributed by atoms with van der Waals surface area (Å²) in [6.07, 6.45) is -3.78. The number of hydrogen-bond acceptors (Lipinski definition) is 3. The van der Waals surface area contributed by atoms with Crippen LogP contribution in [0.2, 0.25) is 0 Å². The predicted molar refractivity (Wildman–Crippen MR) is 115 cm³/mol. The zero-order valence-electron chi connectivity index (χ0n) is 16.8. The molecule has 3 aromatic carbocycles. The normalized spacial score (nSPS) is 19.1. The topological polar surface area (TPSA) is 53.6 Å². The summed E-state index contributed by atoms with van der Waals surface area (Å²) in [7, 11) is 0. The van der Waals surface area contributed by atoms with Crippen molar-refractivity contribution in [1.29, 1.82) is 5.26 Å². The second kappa shape index (κ2) is 6.60. The van der Waals surface area contributed by atoms with Gasteiger partial charge in [0.05, 0.1) is 22.6 Å². The summed E-state index contributed by atoms with van der Waals surface area (Å²) < 4.78 is 43.7. The van der Waals surface area contributed by atoms with E-state index < -0.39 is 17.3 Å². The molecule has 1 aliphatic heterocycles. The Morgan fingerprint density at radius 1 is 1.06 bits per heavy atom. The van der Waals surface area contributed by atoms with E-state index in [2.05, 4.69) is 22.5 Å². The van der Waals surface area contributed by atoms with Gasteiger partial charge < -0.3 is 5.32 Å². The molecular formula is C25H17F3N4. The Hall–Kier alpha value is -3.79. The summed E-state index contributed by atoms with van der Waals surface area (Å²) in [5, 5.41) is 18.4. The Labute approximate surface area is 181 Å². The third-order valence-corrected chi connectivity index (χ3v) is 6.57. The molecular weight excluding hydrogens is 413 g/mol. The van der Waals surface area contributed by atoms with Crippen LogP contribution in [0.4, 0.5) is 19.0 Å². The second-order valence-electron chi connectivity index (χ2n) is 8.33. The summed E-state index contributed by atoms with van der Waals surface area (Å²) in [5.74, 6) is 0.920. The number of anilines is 1. The third kappa shape index (κ3) is 2.59. The lowest BCUT2D eigenvalue weighted by Gasteiger charge is -2.29. The molecule has 4 aromatic rings. The van der Waals surface area contributed by atoms with Crippen LogP contribution in [-0.2, 0) is 12.6 Å². The fourth-order valence-electron chi connectivity index (χ4n) is 5.23. The van der Waals surface area contributed by atoms with E-state index in [1.165, 1.54) is 5.56 Å². The Kier molecular flexibility index (Phi) is 3.91. The van der Waals surface area contributed by atoms with Gasteiger partial charge in [-0.05, 0) is 34.7 Å². The van der Waals surface area contributed by atoms with E-state index in [-0.39, 0.29) is 17.5 Å². The van der Waals surface area contributed by atoms with Gasteiger partial charge in [0.15, 0.2) is 0 Å². The standard InChI is InChI=1S/C25H17F3N4/c26-25(27,28)20-11-18(14-6-2-1-3-7-14)21-22(19(20)12-29)31-32-23-16(13-30-24(21)32)10-15-8-4-5-9-17(15)23/h1-9,11,16,23,30H,10,13H2/t16-,23+/m0/s1. The highest BCUT2D eigenvalue weighted by molar-refractivity contribution is 6.06. The minimum absolute atomic E-state index is 0.0700. The van der Waals surface area contributed by atoms with Gasteiger partial charge in [-0.1, -0.05) is 54.6 Å². The van der Waals surface area contributed by atoms with Crippen molar-refractivity contribution >= 4 is 16.7 Å². The average Bonchev–Trinajstić information content (AvgIpc) is 3.36. The van der Waals surface area contributed by atoms with E-state index in [0.29, 0.717) is 28.9 Å². The van der Waals surface area contributed by atoms with E-state index in [0.717, 1.165) is 18.1 Å².